The largest absolute Gasteiger partial charge is 0.321 e. The summed E-state index contributed by atoms with van der Waals surface area (Å²) in [7, 11) is 0. The first-order valence-electron chi connectivity index (χ1n) is 6.88. The number of para-hydroxylation sites is 1. The Morgan fingerprint density at radius 2 is 1.80 bits per heavy atom. The number of hydrogen-bond acceptors (Lipinski definition) is 1. The Kier molecular flexibility index (Phi) is 4.10. The van der Waals surface area contributed by atoms with Gasteiger partial charge in [-0.3, -0.25) is 0 Å². The first-order chi connectivity index (χ1) is 9.15. The maximum atomic E-state index is 6.26. The van der Waals surface area contributed by atoms with Gasteiger partial charge in [-0.15, -0.1) is 11.6 Å². The SMILES string of the molecule is CC(C)(C)CC(C)(C)n1c(CCl)nc2c(Cl)cccc21. The molecule has 0 saturated heterocycles. The number of benzene rings is 1. The van der Waals surface area contributed by atoms with Crippen molar-refractivity contribution in [2.45, 2.75) is 52.5 Å². The lowest BCUT2D eigenvalue weighted by Crippen LogP contribution is -2.32. The molecule has 0 aliphatic heterocycles. The van der Waals surface area contributed by atoms with Gasteiger partial charge in [0.25, 0.3) is 0 Å². The van der Waals surface area contributed by atoms with Gasteiger partial charge < -0.3 is 4.57 Å². The van der Waals surface area contributed by atoms with Crippen molar-refractivity contribution in [3.63, 3.8) is 0 Å². The first kappa shape index (κ1) is 15.7. The van der Waals surface area contributed by atoms with Gasteiger partial charge in [-0.2, -0.15) is 0 Å². The fourth-order valence-corrected chi connectivity index (χ4v) is 3.65. The Morgan fingerprint density at radius 3 is 2.35 bits per heavy atom. The average molecular weight is 313 g/mol. The predicted octanol–water partition coefficient (Wildman–Crippen LogP) is 5.60. The number of rotatable bonds is 3. The highest BCUT2D eigenvalue weighted by Gasteiger charge is 2.30. The Labute approximate surface area is 131 Å². The maximum absolute atomic E-state index is 6.26. The van der Waals surface area contributed by atoms with E-state index in [9.17, 15) is 0 Å². The second-order valence-corrected chi connectivity index (χ2v) is 7.83. The minimum absolute atomic E-state index is 0.0676. The van der Waals surface area contributed by atoms with Crippen molar-refractivity contribution in [2.75, 3.05) is 0 Å². The monoisotopic (exact) mass is 312 g/mol. The molecule has 110 valence electrons. The van der Waals surface area contributed by atoms with E-state index in [1.165, 1.54) is 0 Å². The van der Waals surface area contributed by atoms with Crippen molar-refractivity contribution < 1.29 is 0 Å². The van der Waals surface area contributed by atoms with Crippen LogP contribution in [0.4, 0.5) is 0 Å². The van der Waals surface area contributed by atoms with E-state index in [1.807, 2.05) is 12.1 Å². The molecule has 0 spiro atoms. The molecule has 0 aliphatic carbocycles. The molecule has 0 aliphatic rings. The van der Waals surface area contributed by atoms with Crippen LogP contribution in [0.5, 0.6) is 0 Å². The number of aromatic nitrogens is 2. The quantitative estimate of drug-likeness (QED) is 0.674. The van der Waals surface area contributed by atoms with Gasteiger partial charge in [-0.05, 0) is 37.8 Å². The van der Waals surface area contributed by atoms with Crippen molar-refractivity contribution in [2.24, 2.45) is 5.41 Å². The Morgan fingerprint density at radius 1 is 1.15 bits per heavy atom. The van der Waals surface area contributed by atoms with Crippen LogP contribution in [0.3, 0.4) is 0 Å². The highest BCUT2D eigenvalue weighted by molar-refractivity contribution is 6.35. The van der Waals surface area contributed by atoms with Crippen LogP contribution in [0.1, 0.15) is 46.9 Å². The molecule has 1 heterocycles. The van der Waals surface area contributed by atoms with Gasteiger partial charge in [0.2, 0.25) is 0 Å². The molecule has 0 bridgehead atoms. The van der Waals surface area contributed by atoms with Crippen molar-refractivity contribution in [1.82, 2.24) is 9.55 Å². The molecule has 1 aromatic heterocycles. The number of fused-ring (bicyclic) bond motifs is 1. The van der Waals surface area contributed by atoms with Gasteiger partial charge in [0.05, 0.1) is 16.4 Å². The van der Waals surface area contributed by atoms with Crippen LogP contribution in [0.15, 0.2) is 18.2 Å². The Hall–Kier alpha value is -0.730. The van der Waals surface area contributed by atoms with Gasteiger partial charge in [-0.25, -0.2) is 4.98 Å². The molecule has 0 N–H and O–H groups in total. The second kappa shape index (κ2) is 5.23. The third kappa shape index (κ3) is 2.96. The summed E-state index contributed by atoms with van der Waals surface area (Å²) in [5.74, 6) is 1.27. The number of alkyl halides is 1. The van der Waals surface area contributed by atoms with Crippen molar-refractivity contribution >= 4 is 34.2 Å². The Bertz CT molecular complexity index is 621. The van der Waals surface area contributed by atoms with Gasteiger partial charge in [0.1, 0.15) is 11.3 Å². The highest BCUT2D eigenvalue weighted by atomic mass is 35.5. The van der Waals surface area contributed by atoms with Gasteiger partial charge in [0.15, 0.2) is 0 Å². The Balaban J connectivity index is 2.66. The van der Waals surface area contributed by atoms with E-state index in [0.717, 1.165) is 23.3 Å². The summed E-state index contributed by atoms with van der Waals surface area (Å²) in [6, 6.07) is 5.90. The van der Waals surface area contributed by atoms with E-state index in [2.05, 4.69) is 50.2 Å². The molecule has 1 aromatic carbocycles. The number of hydrogen-bond donors (Lipinski definition) is 0. The van der Waals surface area contributed by atoms with Crippen molar-refractivity contribution in [3.05, 3.63) is 29.0 Å². The molecular formula is C16H22Cl2N2. The lowest BCUT2D eigenvalue weighted by Gasteiger charge is -2.35. The second-order valence-electron chi connectivity index (χ2n) is 7.15. The van der Waals surface area contributed by atoms with E-state index in [4.69, 9.17) is 23.2 Å². The highest BCUT2D eigenvalue weighted by Crippen LogP contribution is 2.37. The summed E-state index contributed by atoms with van der Waals surface area (Å²) in [4.78, 5) is 4.63. The predicted molar refractivity (Wildman–Crippen MR) is 87.7 cm³/mol. The summed E-state index contributed by atoms with van der Waals surface area (Å²) >= 11 is 12.4. The normalized spacial score (nSPS) is 13.2. The van der Waals surface area contributed by atoms with Crippen LogP contribution in [0.25, 0.3) is 11.0 Å². The van der Waals surface area contributed by atoms with Gasteiger partial charge >= 0.3 is 0 Å². The molecule has 0 amide bonds. The van der Waals surface area contributed by atoms with Crippen LogP contribution in [-0.4, -0.2) is 9.55 Å². The maximum Gasteiger partial charge on any atom is 0.125 e. The molecular weight excluding hydrogens is 291 g/mol. The number of nitrogens with zero attached hydrogens (tertiary/aromatic N) is 2. The van der Waals surface area contributed by atoms with E-state index < -0.39 is 0 Å². The zero-order chi connectivity index (χ0) is 15.1. The van der Waals surface area contributed by atoms with Crippen LogP contribution in [0, 0.1) is 5.41 Å². The molecule has 2 aromatic rings. The molecule has 2 rings (SSSR count). The van der Waals surface area contributed by atoms with Gasteiger partial charge in [0, 0.05) is 5.54 Å². The van der Waals surface area contributed by atoms with Crippen LogP contribution in [0.2, 0.25) is 5.02 Å². The standard InChI is InChI=1S/C16H22Cl2N2/c1-15(2,3)10-16(4,5)20-12-8-6-7-11(18)14(12)19-13(20)9-17/h6-8H,9-10H2,1-5H3. The summed E-state index contributed by atoms with van der Waals surface area (Å²) in [5, 5.41) is 0.680. The van der Waals surface area contributed by atoms with E-state index in [0.29, 0.717) is 10.9 Å². The third-order valence-corrected chi connectivity index (χ3v) is 3.94. The van der Waals surface area contributed by atoms with Crippen LogP contribution in [-0.2, 0) is 11.4 Å². The van der Waals surface area contributed by atoms with E-state index >= 15 is 0 Å². The summed E-state index contributed by atoms with van der Waals surface area (Å²) in [6.07, 6.45) is 1.03. The molecule has 0 fully saturated rings. The van der Waals surface area contributed by atoms with Crippen LogP contribution < -0.4 is 0 Å². The minimum Gasteiger partial charge on any atom is -0.321 e. The fraction of sp³-hybridized carbons (Fsp3) is 0.562. The lowest BCUT2D eigenvalue weighted by molar-refractivity contribution is 0.216. The van der Waals surface area contributed by atoms with E-state index in [1.54, 1.807) is 0 Å². The van der Waals surface area contributed by atoms with Crippen LogP contribution >= 0.6 is 23.2 Å². The van der Waals surface area contributed by atoms with Gasteiger partial charge in [-0.1, -0.05) is 38.4 Å². The lowest BCUT2D eigenvalue weighted by atomic mass is 9.81. The molecule has 0 unspecified atom stereocenters. The molecule has 0 saturated carbocycles. The molecule has 0 atom stereocenters. The summed E-state index contributed by atoms with van der Waals surface area (Å²) in [6.45, 7) is 11.2. The van der Waals surface area contributed by atoms with E-state index in [-0.39, 0.29) is 11.0 Å². The fourth-order valence-electron chi connectivity index (χ4n) is 3.26. The zero-order valence-corrected chi connectivity index (χ0v) is 14.3. The summed E-state index contributed by atoms with van der Waals surface area (Å²) < 4.78 is 2.24. The first-order valence-corrected chi connectivity index (χ1v) is 7.79. The summed E-state index contributed by atoms with van der Waals surface area (Å²) in [5.41, 5.74) is 2.05. The third-order valence-electron chi connectivity index (χ3n) is 3.39. The molecule has 0 radical (unpaired) electrons. The molecule has 4 heteroatoms. The minimum atomic E-state index is -0.0676. The molecule has 2 nitrogen and oxygen atoms in total. The average Bonchev–Trinajstić information content (AvgIpc) is 2.66. The van der Waals surface area contributed by atoms with Crippen molar-refractivity contribution in [3.8, 4) is 0 Å². The molecule has 20 heavy (non-hydrogen) atoms. The topological polar surface area (TPSA) is 17.8 Å². The zero-order valence-electron chi connectivity index (χ0n) is 12.8. The number of halogens is 2. The van der Waals surface area contributed by atoms with Crippen molar-refractivity contribution in [1.29, 1.82) is 0 Å². The number of imidazole rings is 1. The smallest absolute Gasteiger partial charge is 0.125 e.